The highest BCUT2D eigenvalue weighted by atomic mass is 32.1. The molecule has 21 heavy (non-hydrogen) atoms. The summed E-state index contributed by atoms with van der Waals surface area (Å²) in [4.78, 5) is 11.2. The van der Waals surface area contributed by atoms with E-state index >= 15 is 0 Å². The van der Waals surface area contributed by atoms with Gasteiger partial charge < -0.3 is 9.84 Å². The molecule has 0 saturated carbocycles. The van der Waals surface area contributed by atoms with Gasteiger partial charge in [-0.2, -0.15) is 0 Å². The molecule has 2 aromatic rings. The Hall–Kier alpha value is -2.36. The number of aryl methyl sites for hydroxylation is 1. The summed E-state index contributed by atoms with van der Waals surface area (Å²) in [6.07, 6.45) is 0. The van der Waals surface area contributed by atoms with Crippen molar-refractivity contribution in [2.45, 2.75) is 13.5 Å². The number of hydrogen-bond acceptors (Lipinski definition) is 5. The molecule has 1 aromatic heterocycles. The average molecular weight is 303 g/mol. The lowest BCUT2D eigenvalue weighted by molar-refractivity contribution is -0.385. The van der Waals surface area contributed by atoms with Crippen molar-refractivity contribution in [3.8, 4) is 17.6 Å². The Morgan fingerprint density at radius 1 is 1.43 bits per heavy atom. The van der Waals surface area contributed by atoms with E-state index in [0.29, 0.717) is 5.75 Å². The molecule has 108 valence electrons. The minimum absolute atomic E-state index is 0.00192. The number of nitro benzene ring substituents is 1. The van der Waals surface area contributed by atoms with Crippen LogP contribution in [0.4, 0.5) is 5.69 Å². The highest BCUT2D eigenvalue weighted by Crippen LogP contribution is 2.26. The van der Waals surface area contributed by atoms with Gasteiger partial charge in [0.25, 0.3) is 5.69 Å². The fourth-order valence-electron chi connectivity index (χ4n) is 1.70. The SMILES string of the molecule is Cc1ccc([N+](=O)[O-])cc1OCc1sccc1C#CCO. The summed E-state index contributed by atoms with van der Waals surface area (Å²) in [6.45, 7) is 1.93. The zero-order valence-corrected chi connectivity index (χ0v) is 12.1. The maximum absolute atomic E-state index is 10.8. The largest absolute Gasteiger partial charge is 0.487 e. The molecule has 0 spiro atoms. The van der Waals surface area contributed by atoms with E-state index < -0.39 is 4.92 Å². The van der Waals surface area contributed by atoms with E-state index in [9.17, 15) is 10.1 Å². The second-order valence-corrected chi connectivity index (χ2v) is 5.21. The van der Waals surface area contributed by atoms with E-state index in [0.717, 1.165) is 16.0 Å². The Balaban J connectivity index is 2.15. The standard InChI is InChI=1S/C15H13NO4S/c1-11-4-5-13(16(18)19)9-14(11)20-10-15-12(3-2-7-17)6-8-21-15/h4-6,8-9,17H,7,10H2,1H3. The van der Waals surface area contributed by atoms with E-state index in [-0.39, 0.29) is 18.9 Å². The lowest BCUT2D eigenvalue weighted by Crippen LogP contribution is -1.98. The van der Waals surface area contributed by atoms with Gasteiger partial charge in [0.15, 0.2) is 0 Å². The van der Waals surface area contributed by atoms with Crippen LogP contribution in [0.25, 0.3) is 0 Å². The molecule has 0 saturated heterocycles. The topological polar surface area (TPSA) is 72.6 Å². The van der Waals surface area contributed by atoms with Gasteiger partial charge in [0.1, 0.15) is 19.0 Å². The zero-order valence-electron chi connectivity index (χ0n) is 11.3. The highest BCUT2D eigenvalue weighted by Gasteiger charge is 2.10. The van der Waals surface area contributed by atoms with Crippen LogP contribution >= 0.6 is 11.3 Å². The van der Waals surface area contributed by atoms with Crippen LogP contribution in [0.3, 0.4) is 0 Å². The molecule has 2 rings (SSSR count). The number of rotatable bonds is 4. The number of nitrogens with zero attached hydrogens (tertiary/aromatic N) is 1. The summed E-state index contributed by atoms with van der Waals surface area (Å²) >= 11 is 1.49. The normalized spacial score (nSPS) is 9.81. The van der Waals surface area contributed by atoms with Crippen LogP contribution in [0, 0.1) is 28.9 Å². The molecule has 6 heteroatoms. The van der Waals surface area contributed by atoms with Gasteiger partial charge in [-0.3, -0.25) is 10.1 Å². The van der Waals surface area contributed by atoms with Crippen molar-refractivity contribution in [3.05, 3.63) is 55.8 Å². The summed E-state index contributed by atoms with van der Waals surface area (Å²) in [5, 5.41) is 21.4. The van der Waals surface area contributed by atoms with Crippen LogP contribution in [0.15, 0.2) is 29.6 Å². The molecular weight excluding hydrogens is 290 g/mol. The number of aliphatic hydroxyl groups excluding tert-OH is 1. The molecule has 0 aliphatic carbocycles. The van der Waals surface area contributed by atoms with E-state index in [4.69, 9.17) is 9.84 Å². The molecule has 0 aliphatic rings. The molecule has 0 aliphatic heterocycles. The summed E-state index contributed by atoms with van der Waals surface area (Å²) in [5.41, 5.74) is 1.64. The van der Waals surface area contributed by atoms with Crippen LogP contribution in [0.2, 0.25) is 0 Å². The van der Waals surface area contributed by atoms with Crippen molar-refractivity contribution in [3.63, 3.8) is 0 Å². The minimum atomic E-state index is -0.449. The van der Waals surface area contributed by atoms with Gasteiger partial charge in [-0.1, -0.05) is 11.8 Å². The molecule has 0 radical (unpaired) electrons. The van der Waals surface area contributed by atoms with Crippen LogP contribution in [-0.4, -0.2) is 16.6 Å². The molecule has 0 unspecified atom stereocenters. The van der Waals surface area contributed by atoms with Crippen LogP contribution in [0.1, 0.15) is 16.0 Å². The fourth-order valence-corrected chi connectivity index (χ4v) is 2.44. The van der Waals surface area contributed by atoms with Crippen molar-refractivity contribution < 1.29 is 14.8 Å². The molecule has 1 aromatic carbocycles. The monoisotopic (exact) mass is 303 g/mol. The number of non-ortho nitro benzene ring substituents is 1. The first-order chi connectivity index (χ1) is 10.1. The number of aliphatic hydroxyl groups is 1. The van der Waals surface area contributed by atoms with E-state index in [1.165, 1.54) is 23.5 Å². The third-order valence-corrected chi connectivity index (χ3v) is 3.68. The number of hydrogen-bond donors (Lipinski definition) is 1. The predicted octanol–water partition coefficient (Wildman–Crippen LogP) is 2.89. The smallest absolute Gasteiger partial charge is 0.273 e. The van der Waals surface area contributed by atoms with E-state index in [1.54, 1.807) is 6.07 Å². The van der Waals surface area contributed by atoms with Crippen molar-refractivity contribution in [1.82, 2.24) is 0 Å². The third kappa shape index (κ3) is 3.81. The number of benzene rings is 1. The molecule has 0 amide bonds. The van der Waals surface area contributed by atoms with E-state index in [2.05, 4.69) is 11.8 Å². The van der Waals surface area contributed by atoms with Gasteiger partial charge in [0.2, 0.25) is 0 Å². The van der Waals surface area contributed by atoms with Crippen molar-refractivity contribution in [1.29, 1.82) is 0 Å². The van der Waals surface area contributed by atoms with Crippen LogP contribution < -0.4 is 4.74 Å². The molecule has 0 atom stereocenters. The summed E-state index contributed by atoms with van der Waals surface area (Å²) in [7, 11) is 0. The van der Waals surface area contributed by atoms with Crippen molar-refractivity contribution in [2.24, 2.45) is 0 Å². The highest BCUT2D eigenvalue weighted by molar-refractivity contribution is 7.10. The lowest BCUT2D eigenvalue weighted by atomic mass is 10.2. The van der Waals surface area contributed by atoms with Gasteiger partial charge in [0.05, 0.1) is 15.9 Å². The number of thiophene rings is 1. The average Bonchev–Trinajstić information content (AvgIpc) is 2.91. The Morgan fingerprint density at radius 3 is 2.95 bits per heavy atom. The maximum atomic E-state index is 10.8. The van der Waals surface area contributed by atoms with Crippen LogP contribution in [0.5, 0.6) is 5.75 Å². The second-order valence-electron chi connectivity index (χ2n) is 4.21. The Morgan fingerprint density at radius 2 is 2.24 bits per heavy atom. The first kappa shape index (κ1) is 15.0. The van der Waals surface area contributed by atoms with Gasteiger partial charge in [0, 0.05) is 11.6 Å². The minimum Gasteiger partial charge on any atom is -0.487 e. The summed E-state index contributed by atoms with van der Waals surface area (Å²) in [6, 6.07) is 6.38. The van der Waals surface area contributed by atoms with Crippen LogP contribution in [-0.2, 0) is 6.61 Å². The van der Waals surface area contributed by atoms with Gasteiger partial charge in [-0.25, -0.2) is 0 Å². The Bertz CT molecular complexity index is 712. The first-order valence-electron chi connectivity index (χ1n) is 6.15. The van der Waals surface area contributed by atoms with Gasteiger partial charge in [-0.05, 0) is 30.0 Å². The molecule has 1 heterocycles. The first-order valence-corrected chi connectivity index (χ1v) is 7.03. The van der Waals surface area contributed by atoms with Gasteiger partial charge in [-0.15, -0.1) is 11.3 Å². The molecular formula is C15H13NO4S. The summed E-state index contributed by atoms with van der Waals surface area (Å²) < 4.78 is 5.67. The third-order valence-electron chi connectivity index (χ3n) is 2.79. The Kier molecular flexibility index (Phi) is 4.93. The molecule has 0 fully saturated rings. The zero-order chi connectivity index (χ0) is 15.2. The maximum Gasteiger partial charge on any atom is 0.273 e. The van der Waals surface area contributed by atoms with Gasteiger partial charge >= 0.3 is 0 Å². The lowest BCUT2D eigenvalue weighted by Gasteiger charge is -2.08. The number of nitro groups is 1. The second kappa shape index (κ2) is 6.88. The van der Waals surface area contributed by atoms with E-state index in [1.807, 2.05) is 18.4 Å². The quantitative estimate of drug-likeness (QED) is 0.535. The Labute approximate surface area is 126 Å². The fraction of sp³-hybridized carbons (Fsp3) is 0.200. The molecule has 1 N–H and O–H groups in total. The van der Waals surface area contributed by atoms with Crippen molar-refractivity contribution >= 4 is 17.0 Å². The summed E-state index contributed by atoms with van der Waals surface area (Å²) in [5.74, 6) is 5.92. The molecule has 0 bridgehead atoms. The predicted molar refractivity (Wildman–Crippen MR) is 80.4 cm³/mol. The van der Waals surface area contributed by atoms with Crippen molar-refractivity contribution in [2.75, 3.05) is 6.61 Å². The number of ether oxygens (including phenoxy) is 1. The molecule has 5 nitrogen and oxygen atoms in total.